The quantitative estimate of drug-likeness (QED) is 0.655. The Balaban J connectivity index is 1.89. The number of carbonyl (C=O) groups is 1. The molecule has 3 N–H and O–H groups in total. The van der Waals surface area contributed by atoms with Crippen LogP contribution in [0.4, 0.5) is 5.82 Å². The van der Waals surface area contributed by atoms with E-state index < -0.39 is 0 Å². The van der Waals surface area contributed by atoms with Gasteiger partial charge >= 0.3 is 0 Å². The third-order valence-corrected chi connectivity index (χ3v) is 4.22. The van der Waals surface area contributed by atoms with E-state index in [0.29, 0.717) is 11.4 Å². The molecular weight excluding hydrogens is 316 g/mol. The van der Waals surface area contributed by atoms with Crippen LogP contribution in [0.25, 0.3) is 11.3 Å². The number of H-pyrrole nitrogens is 2. The Kier molecular flexibility index (Phi) is 4.61. The Morgan fingerprint density at radius 3 is 2.72 bits per heavy atom. The minimum Gasteiger partial charge on any atom is -0.496 e. The van der Waals surface area contributed by atoms with Gasteiger partial charge in [0.1, 0.15) is 5.75 Å². The zero-order valence-corrected chi connectivity index (χ0v) is 14.8. The first-order valence-corrected chi connectivity index (χ1v) is 8.20. The van der Waals surface area contributed by atoms with Crippen LogP contribution in [0.2, 0.25) is 0 Å². The number of para-hydroxylation sites is 1. The minimum atomic E-state index is -0.175. The van der Waals surface area contributed by atoms with Crippen molar-refractivity contribution in [3.63, 3.8) is 0 Å². The van der Waals surface area contributed by atoms with Crippen molar-refractivity contribution in [3.05, 3.63) is 53.3 Å². The Morgan fingerprint density at radius 1 is 1.24 bits per heavy atom. The van der Waals surface area contributed by atoms with Gasteiger partial charge in [0.25, 0.3) is 5.91 Å². The molecule has 0 spiro atoms. The lowest BCUT2D eigenvalue weighted by molar-refractivity contribution is 0.102. The Hall–Kier alpha value is -3.02. The zero-order chi connectivity index (χ0) is 18.0. The summed E-state index contributed by atoms with van der Waals surface area (Å²) >= 11 is 0. The van der Waals surface area contributed by atoms with Gasteiger partial charge in [0.2, 0.25) is 0 Å². The largest absolute Gasteiger partial charge is 0.496 e. The molecule has 0 atom stereocenters. The average Bonchev–Trinajstić information content (AvgIpc) is 3.23. The van der Waals surface area contributed by atoms with Gasteiger partial charge in [0, 0.05) is 23.0 Å². The highest BCUT2D eigenvalue weighted by Crippen LogP contribution is 2.33. The number of amides is 1. The fourth-order valence-corrected chi connectivity index (χ4v) is 2.87. The number of aromatic nitrogens is 3. The number of nitrogens with one attached hydrogen (secondary N) is 3. The molecule has 0 saturated carbocycles. The number of aromatic amines is 2. The molecule has 0 aliphatic carbocycles. The van der Waals surface area contributed by atoms with Crippen LogP contribution in [-0.2, 0) is 0 Å². The second kappa shape index (κ2) is 6.84. The molecule has 1 amide bonds. The van der Waals surface area contributed by atoms with Gasteiger partial charge in [-0.2, -0.15) is 5.10 Å². The van der Waals surface area contributed by atoms with Crippen molar-refractivity contribution in [2.45, 2.75) is 26.7 Å². The molecule has 25 heavy (non-hydrogen) atoms. The molecule has 3 rings (SSSR count). The summed E-state index contributed by atoms with van der Waals surface area (Å²) in [6.45, 7) is 6.01. The summed E-state index contributed by atoms with van der Waals surface area (Å²) in [5.41, 5.74) is 4.14. The van der Waals surface area contributed by atoms with Crippen LogP contribution in [0.3, 0.4) is 0 Å². The number of hydrogen-bond donors (Lipinski definition) is 3. The van der Waals surface area contributed by atoms with Gasteiger partial charge in [-0.3, -0.25) is 9.89 Å². The lowest BCUT2D eigenvalue weighted by atomic mass is 10.1. The third kappa shape index (κ3) is 3.15. The van der Waals surface area contributed by atoms with Crippen molar-refractivity contribution >= 4 is 11.7 Å². The number of hydrogen-bond acceptors (Lipinski definition) is 3. The van der Waals surface area contributed by atoms with Gasteiger partial charge < -0.3 is 15.0 Å². The van der Waals surface area contributed by atoms with E-state index in [9.17, 15) is 4.79 Å². The molecule has 0 fully saturated rings. The monoisotopic (exact) mass is 338 g/mol. The number of benzene rings is 1. The molecule has 0 saturated heterocycles. The summed E-state index contributed by atoms with van der Waals surface area (Å²) in [5, 5.41) is 10.2. The summed E-state index contributed by atoms with van der Waals surface area (Å²) in [4.78, 5) is 15.7. The van der Waals surface area contributed by atoms with E-state index in [-0.39, 0.29) is 11.8 Å². The topological polar surface area (TPSA) is 82.8 Å². The maximum atomic E-state index is 12.6. The average molecular weight is 338 g/mol. The molecule has 3 aromatic rings. The van der Waals surface area contributed by atoms with E-state index in [1.54, 1.807) is 19.4 Å². The SMILES string of the molecule is COc1ccccc1-c1[nH]nc(NC(=O)c2cc[nH]c2C(C)C)c1C. The van der Waals surface area contributed by atoms with E-state index in [1.807, 2.05) is 45.0 Å². The summed E-state index contributed by atoms with van der Waals surface area (Å²) in [6, 6.07) is 9.48. The summed E-state index contributed by atoms with van der Waals surface area (Å²) in [6.07, 6.45) is 1.78. The van der Waals surface area contributed by atoms with Gasteiger partial charge in [-0.1, -0.05) is 26.0 Å². The molecule has 2 heterocycles. The second-order valence-corrected chi connectivity index (χ2v) is 6.19. The van der Waals surface area contributed by atoms with Crippen molar-refractivity contribution < 1.29 is 9.53 Å². The van der Waals surface area contributed by atoms with E-state index in [4.69, 9.17) is 4.74 Å². The minimum absolute atomic E-state index is 0.175. The molecule has 0 bridgehead atoms. The van der Waals surface area contributed by atoms with Gasteiger partial charge in [-0.15, -0.1) is 0 Å². The molecule has 1 aromatic carbocycles. The van der Waals surface area contributed by atoms with Gasteiger partial charge in [0.15, 0.2) is 5.82 Å². The first kappa shape index (κ1) is 16.8. The predicted octanol–water partition coefficient (Wildman–Crippen LogP) is 4.10. The fourth-order valence-electron chi connectivity index (χ4n) is 2.87. The molecule has 2 aromatic heterocycles. The predicted molar refractivity (Wildman–Crippen MR) is 98.1 cm³/mol. The maximum Gasteiger partial charge on any atom is 0.258 e. The first-order chi connectivity index (χ1) is 12.0. The number of ether oxygens (including phenoxy) is 1. The highest BCUT2D eigenvalue weighted by molar-refractivity contribution is 6.05. The second-order valence-electron chi connectivity index (χ2n) is 6.19. The maximum absolute atomic E-state index is 12.6. The van der Waals surface area contributed by atoms with Crippen molar-refractivity contribution in [1.29, 1.82) is 0 Å². The van der Waals surface area contributed by atoms with Crippen LogP contribution >= 0.6 is 0 Å². The normalized spacial score (nSPS) is 10.9. The van der Waals surface area contributed by atoms with Crippen molar-refractivity contribution in [1.82, 2.24) is 15.2 Å². The highest BCUT2D eigenvalue weighted by atomic mass is 16.5. The Bertz CT molecular complexity index is 892. The van der Waals surface area contributed by atoms with Crippen molar-refractivity contribution in [2.75, 3.05) is 12.4 Å². The van der Waals surface area contributed by atoms with Crippen LogP contribution in [0, 0.1) is 6.92 Å². The zero-order valence-electron chi connectivity index (χ0n) is 14.8. The lowest BCUT2D eigenvalue weighted by Crippen LogP contribution is -2.14. The summed E-state index contributed by atoms with van der Waals surface area (Å²) in [7, 11) is 1.63. The van der Waals surface area contributed by atoms with Crippen LogP contribution in [0.15, 0.2) is 36.5 Å². The van der Waals surface area contributed by atoms with Crippen LogP contribution in [-0.4, -0.2) is 28.2 Å². The van der Waals surface area contributed by atoms with Gasteiger partial charge in [-0.25, -0.2) is 0 Å². The Labute approximate surface area is 146 Å². The van der Waals surface area contributed by atoms with Crippen LogP contribution < -0.4 is 10.1 Å². The Morgan fingerprint density at radius 2 is 2.00 bits per heavy atom. The van der Waals surface area contributed by atoms with E-state index in [2.05, 4.69) is 20.5 Å². The number of anilines is 1. The summed E-state index contributed by atoms with van der Waals surface area (Å²) in [5.74, 6) is 1.33. The third-order valence-electron chi connectivity index (χ3n) is 4.22. The molecule has 6 heteroatoms. The highest BCUT2D eigenvalue weighted by Gasteiger charge is 2.19. The molecular formula is C19H22N4O2. The molecule has 6 nitrogen and oxygen atoms in total. The van der Waals surface area contributed by atoms with E-state index >= 15 is 0 Å². The van der Waals surface area contributed by atoms with E-state index in [0.717, 1.165) is 28.3 Å². The number of nitrogens with zero attached hydrogens (tertiary/aromatic N) is 1. The molecule has 0 aliphatic rings. The standard InChI is InChI=1S/C19H22N4O2/c1-11(2)16-14(9-10-20-16)19(24)21-18-12(3)17(22-23-18)13-7-5-6-8-15(13)25-4/h5-11,20H,1-4H3,(H2,21,22,23,24). The van der Waals surface area contributed by atoms with Gasteiger partial charge in [-0.05, 0) is 31.0 Å². The summed E-state index contributed by atoms with van der Waals surface area (Å²) < 4.78 is 5.41. The van der Waals surface area contributed by atoms with Crippen LogP contribution in [0.1, 0.15) is 41.4 Å². The smallest absolute Gasteiger partial charge is 0.258 e. The number of methoxy groups -OCH3 is 1. The molecule has 130 valence electrons. The fraction of sp³-hybridized carbons (Fsp3) is 0.263. The van der Waals surface area contributed by atoms with Crippen molar-refractivity contribution in [2.24, 2.45) is 0 Å². The number of rotatable bonds is 5. The molecule has 0 unspecified atom stereocenters. The number of carbonyl (C=O) groups excluding carboxylic acids is 1. The van der Waals surface area contributed by atoms with Crippen molar-refractivity contribution in [3.8, 4) is 17.0 Å². The first-order valence-electron chi connectivity index (χ1n) is 8.20. The molecule has 0 aliphatic heterocycles. The van der Waals surface area contributed by atoms with Crippen LogP contribution in [0.5, 0.6) is 5.75 Å². The van der Waals surface area contributed by atoms with E-state index in [1.165, 1.54) is 0 Å². The molecule has 0 radical (unpaired) electrons. The lowest BCUT2D eigenvalue weighted by Gasteiger charge is -2.08. The van der Waals surface area contributed by atoms with Gasteiger partial charge in [0.05, 0.1) is 18.4 Å².